The van der Waals surface area contributed by atoms with Crippen LogP contribution in [-0.2, 0) is 4.79 Å². The largest absolute Gasteiger partial charge is 0.356 e. The van der Waals surface area contributed by atoms with Crippen LogP contribution in [0.5, 0.6) is 0 Å². The van der Waals surface area contributed by atoms with E-state index in [1.165, 1.54) is 19.0 Å². The van der Waals surface area contributed by atoms with Crippen molar-refractivity contribution in [1.82, 2.24) is 15.0 Å². The molecule has 1 amide bonds. The number of pyridine rings is 1. The summed E-state index contributed by atoms with van der Waals surface area (Å²) in [7, 11) is 0. The topological polar surface area (TPSA) is 71.0 Å². The first-order valence-electron chi connectivity index (χ1n) is 8.69. The summed E-state index contributed by atoms with van der Waals surface area (Å²) in [6.45, 7) is 1.59. The Labute approximate surface area is 151 Å². The molecule has 1 unspecified atom stereocenters. The Balaban J connectivity index is 1.42. The van der Waals surface area contributed by atoms with Crippen LogP contribution in [0.3, 0.4) is 0 Å². The lowest BCUT2D eigenvalue weighted by Crippen LogP contribution is -2.41. The summed E-state index contributed by atoms with van der Waals surface area (Å²) in [6, 6.07) is 5.37. The maximum atomic E-state index is 12.6. The third-order valence-corrected chi connectivity index (χ3v) is 4.92. The van der Waals surface area contributed by atoms with E-state index in [1.807, 2.05) is 12.3 Å². The molecule has 2 fully saturated rings. The van der Waals surface area contributed by atoms with Gasteiger partial charge in [-0.05, 0) is 43.9 Å². The molecule has 1 atom stereocenters. The van der Waals surface area contributed by atoms with E-state index in [9.17, 15) is 4.79 Å². The van der Waals surface area contributed by atoms with E-state index in [0.29, 0.717) is 23.3 Å². The summed E-state index contributed by atoms with van der Waals surface area (Å²) in [5, 5.41) is 3.44. The summed E-state index contributed by atoms with van der Waals surface area (Å²) < 4.78 is 0. The first-order chi connectivity index (χ1) is 12.2. The maximum absolute atomic E-state index is 12.6. The highest BCUT2D eigenvalue weighted by Gasteiger charge is 2.29. The Morgan fingerprint density at radius 1 is 1.20 bits per heavy atom. The lowest BCUT2D eigenvalue weighted by molar-refractivity contribution is -0.120. The van der Waals surface area contributed by atoms with E-state index in [-0.39, 0.29) is 11.8 Å². The fraction of sp³-hybridized carbons (Fsp3) is 0.444. The van der Waals surface area contributed by atoms with Gasteiger partial charge in [0.15, 0.2) is 0 Å². The molecular weight excluding hydrogens is 338 g/mol. The van der Waals surface area contributed by atoms with E-state index in [4.69, 9.17) is 16.6 Å². The van der Waals surface area contributed by atoms with E-state index in [1.54, 1.807) is 12.1 Å². The summed E-state index contributed by atoms with van der Waals surface area (Å²) in [4.78, 5) is 28.0. The molecule has 25 heavy (non-hydrogen) atoms. The molecule has 1 N–H and O–H groups in total. The minimum atomic E-state index is -0.0782. The van der Waals surface area contributed by atoms with E-state index in [0.717, 1.165) is 31.0 Å². The van der Waals surface area contributed by atoms with Crippen LogP contribution in [0.1, 0.15) is 37.4 Å². The number of piperidine rings is 1. The van der Waals surface area contributed by atoms with Crippen molar-refractivity contribution in [3.05, 3.63) is 41.4 Å². The van der Waals surface area contributed by atoms with Crippen molar-refractivity contribution < 1.29 is 4.79 Å². The fourth-order valence-corrected chi connectivity index (χ4v) is 3.27. The predicted octanol–water partition coefficient (Wildman–Crippen LogP) is 3.26. The molecule has 2 aromatic rings. The standard InChI is InChI=1S/C18H20ClN5O/c19-14-5-6-15(21-10-14)22-18(25)13-2-1-9-24(11-13)16-7-8-20-17(23-16)12-3-4-12/h5-8,10,12-13H,1-4,9,11H2,(H,21,22,25). The second-order valence-corrected chi connectivity index (χ2v) is 7.12. The molecule has 2 aliphatic rings. The smallest absolute Gasteiger partial charge is 0.230 e. The first kappa shape index (κ1) is 16.3. The molecule has 7 heteroatoms. The van der Waals surface area contributed by atoms with Crippen molar-refractivity contribution in [1.29, 1.82) is 0 Å². The van der Waals surface area contributed by atoms with Crippen molar-refractivity contribution in [2.24, 2.45) is 5.92 Å². The van der Waals surface area contributed by atoms with E-state index >= 15 is 0 Å². The van der Waals surface area contributed by atoms with Crippen LogP contribution < -0.4 is 10.2 Å². The second-order valence-electron chi connectivity index (χ2n) is 6.68. The molecule has 2 aromatic heterocycles. The Morgan fingerprint density at radius 2 is 2.08 bits per heavy atom. The molecule has 1 saturated heterocycles. The number of nitrogens with one attached hydrogen (secondary N) is 1. The molecule has 1 aliphatic heterocycles. The number of halogens is 1. The number of hydrogen-bond donors (Lipinski definition) is 1. The maximum Gasteiger partial charge on any atom is 0.230 e. The van der Waals surface area contributed by atoms with Crippen molar-refractivity contribution in [2.45, 2.75) is 31.6 Å². The molecule has 3 heterocycles. The third-order valence-electron chi connectivity index (χ3n) is 4.70. The van der Waals surface area contributed by atoms with Gasteiger partial charge in [0.2, 0.25) is 5.91 Å². The molecule has 0 aromatic carbocycles. The highest BCUT2D eigenvalue weighted by atomic mass is 35.5. The molecule has 1 saturated carbocycles. The lowest BCUT2D eigenvalue weighted by atomic mass is 9.97. The van der Waals surface area contributed by atoms with Gasteiger partial charge in [-0.2, -0.15) is 0 Å². The van der Waals surface area contributed by atoms with Crippen LogP contribution in [0.2, 0.25) is 5.02 Å². The number of rotatable bonds is 4. The SMILES string of the molecule is O=C(Nc1ccc(Cl)cn1)C1CCCN(c2ccnc(C3CC3)n2)C1. The van der Waals surface area contributed by atoms with Crippen molar-refractivity contribution in [3.63, 3.8) is 0 Å². The van der Waals surface area contributed by atoms with Gasteiger partial charge in [0.1, 0.15) is 17.5 Å². The number of aromatic nitrogens is 3. The Hall–Kier alpha value is -2.21. The van der Waals surface area contributed by atoms with E-state index in [2.05, 4.69) is 20.2 Å². The van der Waals surface area contributed by atoms with Gasteiger partial charge in [0.05, 0.1) is 10.9 Å². The quantitative estimate of drug-likeness (QED) is 0.909. The second kappa shape index (κ2) is 6.96. The first-order valence-corrected chi connectivity index (χ1v) is 9.07. The molecule has 1 aliphatic carbocycles. The van der Waals surface area contributed by atoms with Crippen LogP contribution >= 0.6 is 11.6 Å². The highest BCUT2D eigenvalue weighted by Crippen LogP contribution is 2.38. The van der Waals surface area contributed by atoms with Gasteiger partial charge in [-0.15, -0.1) is 0 Å². The van der Waals surface area contributed by atoms with Gasteiger partial charge in [-0.3, -0.25) is 4.79 Å². The zero-order valence-corrected chi connectivity index (χ0v) is 14.6. The number of carbonyl (C=O) groups excluding carboxylic acids is 1. The van der Waals surface area contributed by atoms with Crippen LogP contribution in [0, 0.1) is 5.92 Å². The van der Waals surface area contributed by atoms with Crippen molar-refractivity contribution in [2.75, 3.05) is 23.3 Å². The van der Waals surface area contributed by atoms with Gasteiger partial charge < -0.3 is 10.2 Å². The Kier molecular flexibility index (Phi) is 4.53. The minimum absolute atomic E-state index is 0.00371. The minimum Gasteiger partial charge on any atom is -0.356 e. The lowest BCUT2D eigenvalue weighted by Gasteiger charge is -2.32. The van der Waals surface area contributed by atoms with Gasteiger partial charge in [-0.25, -0.2) is 15.0 Å². The number of hydrogen-bond acceptors (Lipinski definition) is 5. The monoisotopic (exact) mass is 357 g/mol. The van der Waals surface area contributed by atoms with Crippen LogP contribution in [0.4, 0.5) is 11.6 Å². The van der Waals surface area contributed by atoms with Crippen molar-refractivity contribution in [3.8, 4) is 0 Å². The van der Waals surface area contributed by atoms with Gasteiger partial charge in [0.25, 0.3) is 0 Å². The molecular formula is C18H20ClN5O. The number of nitrogens with zero attached hydrogens (tertiary/aromatic N) is 4. The number of carbonyl (C=O) groups is 1. The Bertz CT molecular complexity index is 762. The number of amides is 1. The zero-order chi connectivity index (χ0) is 17.2. The van der Waals surface area contributed by atoms with Gasteiger partial charge >= 0.3 is 0 Å². The molecule has 6 nitrogen and oxygen atoms in total. The third kappa shape index (κ3) is 3.90. The molecule has 4 rings (SSSR count). The fourth-order valence-electron chi connectivity index (χ4n) is 3.16. The normalized spacial score (nSPS) is 20.4. The highest BCUT2D eigenvalue weighted by molar-refractivity contribution is 6.30. The van der Waals surface area contributed by atoms with E-state index < -0.39 is 0 Å². The number of anilines is 2. The summed E-state index contributed by atoms with van der Waals surface area (Å²) in [6.07, 6.45) is 7.57. The van der Waals surface area contributed by atoms with Crippen LogP contribution in [0.15, 0.2) is 30.6 Å². The zero-order valence-electron chi connectivity index (χ0n) is 13.9. The van der Waals surface area contributed by atoms with Crippen LogP contribution in [0.25, 0.3) is 0 Å². The summed E-state index contributed by atoms with van der Waals surface area (Å²) in [5.41, 5.74) is 0. The summed E-state index contributed by atoms with van der Waals surface area (Å²) >= 11 is 5.83. The molecule has 0 spiro atoms. The molecule has 130 valence electrons. The Morgan fingerprint density at radius 3 is 2.84 bits per heavy atom. The van der Waals surface area contributed by atoms with Crippen molar-refractivity contribution >= 4 is 29.1 Å². The molecule has 0 bridgehead atoms. The molecule has 0 radical (unpaired) electrons. The van der Waals surface area contributed by atoms with Gasteiger partial charge in [-0.1, -0.05) is 11.6 Å². The average Bonchev–Trinajstić information content (AvgIpc) is 3.49. The summed E-state index contributed by atoms with van der Waals surface area (Å²) in [5.74, 6) is 2.85. The van der Waals surface area contributed by atoms with Gasteiger partial charge in [0, 0.05) is 31.4 Å². The predicted molar refractivity (Wildman–Crippen MR) is 96.8 cm³/mol. The average molecular weight is 358 g/mol. The van der Waals surface area contributed by atoms with Crippen LogP contribution in [-0.4, -0.2) is 33.9 Å².